The van der Waals surface area contributed by atoms with E-state index in [1.807, 2.05) is 6.92 Å². The number of rotatable bonds is 8. The first kappa shape index (κ1) is 28.8. The van der Waals surface area contributed by atoms with E-state index in [0.717, 1.165) is 24.6 Å². The summed E-state index contributed by atoms with van der Waals surface area (Å²) in [6.07, 6.45) is -0.404. The number of nitrogens with zero attached hydrogens (tertiary/aromatic N) is 1. The van der Waals surface area contributed by atoms with Gasteiger partial charge in [-0.05, 0) is 70.6 Å². The fraction of sp³-hybridized carbons (Fsp3) is 0.360. The molecule has 1 aliphatic carbocycles. The van der Waals surface area contributed by atoms with E-state index in [4.69, 9.17) is 34.8 Å². The molecule has 1 fully saturated rings. The Morgan fingerprint density at radius 2 is 1.78 bits per heavy atom. The maximum Gasteiger partial charge on any atom is 0.399 e. The Bertz CT molecular complexity index is 1180. The third-order valence-corrected chi connectivity index (χ3v) is 7.71. The summed E-state index contributed by atoms with van der Waals surface area (Å²) < 4.78 is 41.8. The van der Waals surface area contributed by atoms with Crippen molar-refractivity contribution >= 4 is 68.6 Å². The van der Waals surface area contributed by atoms with E-state index in [9.17, 15) is 22.8 Å². The highest BCUT2D eigenvalue weighted by Gasteiger charge is 2.52. The summed E-state index contributed by atoms with van der Waals surface area (Å²) in [7, 11) is 1.70. The van der Waals surface area contributed by atoms with Crippen molar-refractivity contribution in [1.82, 2.24) is 10.2 Å². The Morgan fingerprint density at radius 3 is 2.28 bits per heavy atom. The summed E-state index contributed by atoms with van der Waals surface area (Å²) in [6, 6.07) is 6.82. The molecule has 2 aromatic rings. The first-order chi connectivity index (χ1) is 16.8. The summed E-state index contributed by atoms with van der Waals surface area (Å²) in [5, 5.41) is 2.66. The van der Waals surface area contributed by atoms with Gasteiger partial charge in [0.2, 0.25) is 5.91 Å². The average Bonchev–Trinajstić information content (AvgIpc) is 3.56. The van der Waals surface area contributed by atoms with Gasteiger partial charge >= 0.3 is 6.18 Å². The van der Waals surface area contributed by atoms with Crippen LogP contribution in [0.2, 0.25) is 15.1 Å². The number of carbonyl (C=O) groups is 2. The standard InChI is InChI=1S/C25H23BrCl3F3N2O2/c1-3-10-34(2)23(36)24(8-9-24)33-22(35)16-6-4-14(11-18(16)26)5-7-17(25(30,31)32)15-12-19(27)21(29)20(28)13-15/h4-7,11-13,17H,3,8-10H2,1-2H3,(H,33,35)/b7-5+. The molecule has 0 aromatic heterocycles. The van der Waals surface area contributed by atoms with Crippen LogP contribution < -0.4 is 5.32 Å². The molecule has 1 N–H and O–H groups in total. The number of nitrogens with one attached hydrogen (secondary N) is 1. The molecule has 0 saturated heterocycles. The predicted octanol–water partition coefficient (Wildman–Crippen LogP) is 7.90. The largest absolute Gasteiger partial charge is 0.399 e. The molecule has 194 valence electrons. The smallest absolute Gasteiger partial charge is 0.344 e. The van der Waals surface area contributed by atoms with Crippen molar-refractivity contribution in [1.29, 1.82) is 0 Å². The second-order valence-electron chi connectivity index (χ2n) is 8.68. The van der Waals surface area contributed by atoms with Gasteiger partial charge in [-0.2, -0.15) is 13.2 Å². The van der Waals surface area contributed by atoms with Gasteiger partial charge < -0.3 is 10.2 Å². The molecular formula is C25H23BrCl3F3N2O2. The van der Waals surface area contributed by atoms with Crippen LogP contribution in [0.4, 0.5) is 13.2 Å². The Morgan fingerprint density at radius 1 is 1.17 bits per heavy atom. The fourth-order valence-corrected chi connectivity index (χ4v) is 4.98. The van der Waals surface area contributed by atoms with Gasteiger partial charge in [-0.3, -0.25) is 9.59 Å². The first-order valence-electron chi connectivity index (χ1n) is 11.1. The molecule has 0 spiro atoms. The molecule has 2 aromatic carbocycles. The van der Waals surface area contributed by atoms with Gasteiger partial charge in [0.05, 0.1) is 26.5 Å². The van der Waals surface area contributed by atoms with Crippen LogP contribution in [0.25, 0.3) is 6.08 Å². The molecule has 0 aliphatic heterocycles. The summed E-state index contributed by atoms with van der Waals surface area (Å²) >= 11 is 21.0. The molecule has 0 heterocycles. The number of likely N-dealkylation sites (N-methyl/N-ethyl adjacent to an activating group) is 1. The second kappa shape index (κ2) is 11.3. The molecule has 36 heavy (non-hydrogen) atoms. The molecule has 3 rings (SSSR count). The Balaban J connectivity index is 1.80. The van der Waals surface area contributed by atoms with Crippen molar-refractivity contribution in [3.63, 3.8) is 0 Å². The zero-order chi connectivity index (χ0) is 26.8. The monoisotopic (exact) mass is 624 g/mol. The molecule has 1 unspecified atom stereocenters. The zero-order valence-corrected chi connectivity index (χ0v) is 23.2. The van der Waals surface area contributed by atoms with Gasteiger partial charge in [0.15, 0.2) is 0 Å². The first-order valence-corrected chi connectivity index (χ1v) is 13.0. The summed E-state index contributed by atoms with van der Waals surface area (Å²) in [5.41, 5.74) is -0.354. The van der Waals surface area contributed by atoms with Crippen LogP contribution in [0.1, 0.15) is 53.6 Å². The molecule has 2 amide bonds. The second-order valence-corrected chi connectivity index (χ2v) is 10.7. The van der Waals surface area contributed by atoms with Crippen LogP contribution in [0, 0.1) is 0 Å². The SMILES string of the molecule is CCCN(C)C(=O)C1(NC(=O)c2ccc(/C=C/C(c3cc(Cl)c(Cl)c(Cl)c3)C(F)(F)F)cc2Br)CC1. The van der Waals surface area contributed by atoms with E-state index in [1.165, 1.54) is 24.3 Å². The van der Waals surface area contributed by atoms with Crippen molar-refractivity contribution in [2.45, 2.75) is 43.8 Å². The zero-order valence-electron chi connectivity index (χ0n) is 19.4. The fourth-order valence-electron chi connectivity index (χ4n) is 3.79. The molecule has 1 aliphatic rings. The van der Waals surface area contributed by atoms with Gasteiger partial charge in [-0.25, -0.2) is 0 Å². The van der Waals surface area contributed by atoms with Crippen molar-refractivity contribution in [2.75, 3.05) is 13.6 Å². The number of hydrogen-bond acceptors (Lipinski definition) is 2. The van der Waals surface area contributed by atoms with E-state index in [-0.39, 0.29) is 32.1 Å². The highest BCUT2D eigenvalue weighted by Crippen LogP contribution is 2.41. The summed E-state index contributed by atoms with van der Waals surface area (Å²) in [6.45, 7) is 2.56. The summed E-state index contributed by atoms with van der Waals surface area (Å²) in [5.74, 6) is -2.55. The summed E-state index contributed by atoms with van der Waals surface area (Å²) in [4.78, 5) is 27.2. The molecule has 1 atom stereocenters. The molecule has 11 heteroatoms. The lowest BCUT2D eigenvalue weighted by molar-refractivity contribution is -0.139. The lowest BCUT2D eigenvalue weighted by Gasteiger charge is -2.24. The van der Waals surface area contributed by atoms with Crippen LogP contribution in [0.3, 0.4) is 0 Å². The lowest BCUT2D eigenvalue weighted by Crippen LogP contribution is -2.49. The van der Waals surface area contributed by atoms with Gasteiger partial charge in [0.25, 0.3) is 5.91 Å². The molecule has 1 saturated carbocycles. The van der Waals surface area contributed by atoms with Crippen LogP contribution >= 0.6 is 50.7 Å². The number of allylic oxidation sites excluding steroid dienone is 1. The average molecular weight is 627 g/mol. The van der Waals surface area contributed by atoms with Crippen LogP contribution in [0.5, 0.6) is 0 Å². The third kappa shape index (κ3) is 6.57. The highest BCUT2D eigenvalue weighted by atomic mass is 79.9. The molecule has 0 bridgehead atoms. The van der Waals surface area contributed by atoms with Crippen LogP contribution in [-0.4, -0.2) is 42.0 Å². The van der Waals surface area contributed by atoms with E-state index in [2.05, 4.69) is 21.2 Å². The molecular weight excluding hydrogens is 604 g/mol. The van der Waals surface area contributed by atoms with E-state index in [0.29, 0.717) is 29.4 Å². The number of hydrogen-bond donors (Lipinski definition) is 1. The van der Waals surface area contributed by atoms with Gasteiger partial charge in [-0.15, -0.1) is 0 Å². The van der Waals surface area contributed by atoms with Crippen molar-refractivity contribution < 1.29 is 22.8 Å². The van der Waals surface area contributed by atoms with Crippen molar-refractivity contribution in [3.8, 4) is 0 Å². The maximum atomic E-state index is 13.8. The third-order valence-electron chi connectivity index (χ3n) is 5.85. The van der Waals surface area contributed by atoms with Crippen LogP contribution in [-0.2, 0) is 4.79 Å². The topological polar surface area (TPSA) is 49.4 Å². The van der Waals surface area contributed by atoms with Crippen molar-refractivity contribution in [2.24, 2.45) is 0 Å². The number of amides is 2. The normalized spacial score (nSPS) is 15.6. The van der Waals surface area contributed by atoms with Gasteiger partial charge in [0, 0.05) is 18.1 Å². The molecule has 0 radical (unpaired) electrons. The number of alkyl halides is 3. The Labute approximate surface area is 230 Å². The van der Waals surface area contributed by atoms with Crippen LogP contribution in [0.15, 0.2) is 40.9 Å². The van der Waals surface area contributed by atoms with E-state index in [1.54, 1.807) is 11.9 Å². The van der Waals surface area contributed by atoms with E-state index < -0.39 is 23.5 Å². The number of carbonyl (C=O) groups excluding carboxylic acids is 2. The Kier molecular flexibility index (Phi) is 9.08. The van der Waals surface area contributed by atoms with Crippen molar-refractivity contribution in [3.05, 3.63) is 72.6 Å². The molecule has 4 nitrogen and oxygen atoms in total. The van der Waals surface area contributed by atoms with Gasteiger partial charge in [0.1, 0.15) is 5.54 Å². The van der Waals surface area contributed by atoms with E-state index >= 15 is 0 Å². The Hall–Kier alpha value is -1.74. The lowest BCUT2D eigenvalue weighted by atomic mass is 9.97. The number of halogens is 7. The highest BCUT2D eigenvalue weighted by molar-refractivity contribution is 9.10. The maximum absolute atomic E-state index is 13.8. The van der Waals surface area contributed by atoms with Gasteiger partial charge in [-0.1, -0.05) is 59.9 Å². The predicted molar refractivity (Wildman–Crippen MR) is 141 cm³/mol. The quantitative estimate of drug-likeness (QED) is 0.303. The minimum Gasteiger partial charge on any atom is -0.344 e. The minimum absolute atomic E-state index is 0.0172. The minimum atomic E-state index is -4.61. The number of benzene rings is 2.